The second kappa shape index (κ2) is 6.88. The van der Waals surface area contributed by atoms with Gasteiger partial charge in [-0.1, -0.05) is 0 Å². The van der Waals surface area contributed by atoms with Gasteiger partial charge in [0.1, 0.15) is 4.21 Å². The topological polar surface area (TPSA) is 69.7 Å². The molecule has 0 saturated carbocycles. The van der Waals surface area contributed by atoms with Gasteiger partial charge in [0.05, 0.1) is 6.04 Å². The van der Waals surface area contributed by atoms with Crippen LogP contribution in [0.25, 0.3) is 0 Å². The molecule has 1 aromatic heterocycles. The van der Waals surface area contributed by atoms with Crippen molar-refractivity contribution in [1.82, 2.24) is 14.5 Å². The number of thiophene rings is 1. The summed E-state index contributed by atoms with van der Waals surface area (Å²) in [5.41, 5.74) is 0. The first kappa shape index (κ1) is 16.9. The van der Waals surface area contributed by atoms with E-state index in [1.807, 2.05) is 13.0 Å². The second-order valence-electron chi connectivity index (χ2n) is 6.11. The number of sulfonamides is 1. The Morgan fingerprint density at radius 3 is 2.57 bits per heavy atom. The highest BCUT2D eigenvalue weighted by atomic mass is 32.2. The number of amides is 1. The molecule has 0 radical (unpaired) electrons. The van der Waals surface area contributed by atoms with Gasteiger partial charge in [-0.3, -0.25) is 9.69 Å². The zero-order chi connectivity index (χ0) is 16.4. The lowest BCUT2D eigenvalue weighted by atomic mass is 10.1. The van der Waals surface area contributed by atoms with Crippen LogP contribution in [0.15, 0.2) is 16.3 Å². The lowest BCUT2D eigenvalue weighted by Crippen LogP contribution is -2.55. The Morgan fingerprint density at radius 2 is 1.91 bits per heavy atom. The summed E-state index contributed by atoms with van der Waals surface area (Å²) in [5.74, 6) is 0.0905. The maximum atomic E-state index is 12.6. The summed E-state index contributed by atoms with van der Waals surface area (Å²) in [6.07, 6.45) is 2.92. The largest absolute Gasteiger partial charge is 0.355 e. The lowest BCUT2D eigenvalue weighted by molar-refractivity contribution is -0.126. The SMILES string of the molecule is Cc1ccc(S(=O)(=O)N2CCN(C3CCCCNC3=O)CC2)s1. The van der Waals surface area contributed by atoms with Crippen molar-refractivity contribution in [3.63, 3.8) is 0 Å². The summed E-state index contributed by atoms with van der Waals surface area (Å²) in [7, 11) is -3.39. The molecule has 1 N–H and O–H groups in total. The highest BCUT2D eigenvalue weighted by molar-refractivity contribution is 7.91. The molecule has 6 nitrogen and oxygen atoms in total. The summed E-state index contributed by atoms with van der Waals surface area (Å²) in [5, 5.41) is 2.95. The van der Waals surface area contributed by atoms with Crippen LogP contribution in [0, 0.1) is 6.92 Å². The van der Waals surface area contributed by atoms with E-state index in [0.717, 1.165) is 30.7 Å². The standard InChI is InChI=1S/C15H23N3O3S2/c1-12-5-6-14(22-12)23(20,21)18-10-8-17(9-11-18)13-4-2-3-7-16-15(13)19/h5-6,13H,2-4,7-11H2,1H3,(H,16,19). The van der Waals surface area contributed by atoms with E-state index < -0.39 is 10.0 Å². The van der Waals surface area contributed by atoms with Crippen molar-refractivity contribution >= 4 is 27.3 Å². The third kappa shape index (κ3) is 3.60. The van der Waals surface area contributed by atoms with Crippen LogP contribution in [0.3, 0.4) is 0 Å². The monoisotopic (exact) mass is 357 g/mol. The molecule has 128 valence electrons. The van der Waals surface area contributed by atoms with Gasteiger partial charge >= 0.3 is 0 Å². The van der Waals surface area contributed by atoms with Gasteiger partial charge in [-0.25, -0.2) is 8.42 Å². The predicted molar refractivity (Wildman–Crippen MR) is 90.0 cm³/mol. The maximum Gasteiger partial charge on any atom is 0.252 e. The van der Waals surface area contributed by atoms with Crippen molar-refractivity contribution in [2.45, 2.75) is 36.4 Å². The number of carbonyl (C=O) groups excluding carboxylic acids is 1. The number of nitrogens with zero attached hydrogens (tertiary/aromatic N) is 2. The van der Waals surface area contributed by atoms with Crippen LogP contribution in [0.1, 0.15) is 24.1 Å². The summed E-state index contributed by atoms with van der Waals surface area (Å²) in [4.78, 5) is 15.3. The van der Waals surface area contributed by atoms with Gasteiger partial charge in [0.2, 0.25) is 5.91 Å². The number of piperazine rings is 1. The van der Waals surface area contributed by atoms with Crippen molar-refractivity contribution in [2.24, 2.45) is 0 Å². The minimum atomic E-state index is -3.39. The van der Waals surface area contributed by atoms with E-state index in [4.69, 9.17) is 0 Å². The number of hydrogen-bond acceptors (Lipinski definition) is 5. The smallest absolute Gasteiger partial charge is 0.252 e. The summed E-state index contributed by atoms with van der Waals surface area (Å²) < 4.78 is 27.2. The minimum absolute atomic E-state index is 0.0905. The van der Waals surface area contributed by atoms with E-state index in [1.165, 1.54) is 11.3 Å². The van der Waals surface area contributed by atoms with Gasteiger partial charge in [0.25, 0.3) is 10.0 Å². The molecule has 23 heavy (non-hydrogen) atoms. The first-order chi connectivity index (χ1) is 11.0. The van der Waals surface area contributed by atoms with Crippen LogP contribution in [0.5, 0.6) is 0 Å². The molecule has 3 rings (SSSR count). The number of nitrogens with one attached hydrogen (secondary N) is 1. The molecular weight excluding hydrogens is 334 g/mol. The molecule has 0 bridgehead atoms. The number of rotatable bonds is 3. The van der Waals surface area contributed by atoms with E-state index in [9.17, 15) is 13.2 Å². The maximum absolute atomic E-state index is 12.6. The average molecular weight is 358 g/mol. The lowest BCUT2D eigenvalue weighted by Gasteiger charge is -2.37. The minimum Gasteiger partial charge on any atom is -0.355 e. The summed E-state index contributed by atoms with van der Waals surface area (Å²) in [6, 6.07) is 3.41. The van der Waals surface area contributed by atoms with Crippen molar-refractivity contribution in [1.29, 1.82) is 0 Å². The predicted octanol–water partition coefficient (Wildman–Crippen LogP) is 1.03. The summed E-state index contributed by atoms with van der Waals surface area (Å²) >= 11 is 1.31. The average Bonchev–Trinajstić information content (AvgIpc) is 2.87. The Kier molecular flexibility index (Phi) is 5.05. The molecule has 1 unspecified atom stereocenters. The van der Waals surface area contributed by atoms with Crippen LogP contribution >= 0.6 is 11.3 Å². The molecule has 0 spiro atoms. The van der Waals surface area contributed by atoms with Gasteiger partial charge in [-0.15, -0.1) is 11.3 Å². The molecule has 0 aliphatic carbocycles. The Labute approximate surface area is 141 Å². The number of hydrogen-bond donors (Lipinski definition) is 1. The molecule has 1 amide bonds. The van der Waals surface area contributed by atoms with E-state index in [1.54, 1.807) is 10.4 Å². The van der Waals surface area contributed by atoms with Crippen LogP contribution < -0.4 is 5.32 Å². The van der Waals surface area contributed by atoms with Crippen LogP contribution in [0.2, 0.25) is 0 Å². The molecule has 2 saturated heterocycles. The molecule has 2 fully saturated rings. The van der Waals surface area contributed by atoms with E-state index in [2.05, 4.69) is 10.2 Å². The first-order valence-corrected chi connectivity index (χ1v) is 10.3. The molecule has 0 aromatic carbocycles. The van der Waals surface area contributed by atoms with Gasteiger partial charge in [-0.2, -0.15) is 4.31 Å². The van der Waals surface area contributed by atoms with Crippen molar-refractivity contribution in [3.05, 3.63) is 17.0 Å². The number of aryl methyl sites for hydroxylation is 1. The Bertz CT molecular complexity index is 663. The van der Waals surface area contributed by atoms with Crippen LogP contribution in [-0.4, -0.2) is 62.3 Å². The molecule has 8 heteroatoms. The molecule has 2 aliphatic heterocycles. The van der Waals surface area contributed by atoms with Crippen molar-refractivity contribution in [2.75, 3.05) is 32.7 Å². The fourth-order valence-electron chi connectivity index (χ4n) is 3.21. The van der Waals surface area contributed by atoms with Crippen LogP contribution in [-0.2, 0) is 14.8 Å². The Hall–Kier alpha value is -0.960. The van der Waals surface area contributed by atoms with E-state index in [-0.39, 0.29) is 11.9 Å². The molecule has 1 aromatic rings. The van der Waals surface area contributed by atoms with Gasteiger partial charge in [-0.05, 0) is 38.3 Å². The zero-order valence-electron chi connectivity index (χ0n) is 13.3. The van der Waals surface area contributed by atoms with Crippen LogP contribution in [0.4, 0.5) is 0 Å². The fourth-order valence-corrected chi connectivity index (χ4v) is 6.06. The normalized spacial score (nSPS) is 25.1. The van der Waals surface area contributed by atoms with Gasteiger partial charge in [0.15, 0.2) is 0 Å². The van der Waals surface area contributed by atoms with E-state index >= 15 is 0 Å². The molecule has 1 atom stereocenters. The Balaban J connectivity index is 1.65. The van der Waals surface area contributed by atoms with Gasteiger partial charge < -0.3 is 5.32 Å². The van der Waals surface area contributed by atoms with Crippen molar-refractivity contribution in [3.8, 4) is 0 Å². The third-order valence-electron chi connectivity index (χ3n) is 4.53. The highest BCUT2D eigenvalue weighted by Gasteiger charge is 2.34. The number of carbonyl (C=O) groups is 1. The summed E-state index contributed by atoms with van der Waals surface area (Å²) in [6.45, 7) is 4.78. The first-order valence-electron chi connectivity index (χ1n) is 8.07. The second-order valence-corrected chi connectivity index (χ2v) is 9.56. The molecule has 2 aliphatic rings. The fraction of sp³-hybridized carbons (Fsp3) is 0.667. The Morgan fingerprint density at radius 1 is 1.17 bits per heavy atom. The highest BCUT2D eigenvalue weighted by Crippen LogP contribution is 2.25. The molecular formula is C15H23N3O3S2. The van der Waals surface area contributed by atoms with Gasteiger partial charge in [0, 0.05) is 37.6 Å². The van der Waals surface area contributed by atoms with E-state index in [0.29, 0.717) is 30.4 Å². The molecule has 3 heterocycles. The zero-order valence-corrected chi connectivity index (χ0v) is 15.0. The third-order valence-corrected chi connectivity index (χ3v) is 7.90. The quantitative estimate of drug-likeness (QED) is 0.877. The van der Waals surface area contributed by atoms with Crippen molar-refractivity contribution < 1.29 is 13.2 Å².